The van der Waals surface area contributed by atoms with Crippen molar-refractivity contribution in [2.24, 2.45) is 0 Å². The number of halogens is 2. The van der Waals surface area contributed by atoms with Gasteiger partial charge in [-0.3, -0.25) is 9.69 Å². The minimum atomic E-state index is -0.149. The lowest BCUT2D eigenvalue weighted by Crippen LogP contribution is -2.27. The average Bonchev–Trinajstić information content (AvgIpc) is 3.08. The number of carbonyl (C=O) groups excluding carboxylic acids is 1. The van der Waals surface area contributed by atoms with E-state index in [1.807, 2.05) is 79.7 Å². The molecule has 4 nitrogen and oxygen atoms in total. The highest BCUT2D eigenvalue weighted by atomic mass is 79.9. The van der Waals surface area contributed by atoms with Gasteiger partial charge in [-0.15, -0.1) is 0 Å². The largest absolute Gasteiger partial charge is 0.494 e. The van der Waals surface area contributed by atoms with Gasteiger partial charge in [0.2, 0.25) is 0 Å². The van der Waals surface area contributed by atoms with Gasteiger partial charge >= 0.3 is 0 Å². The van der Waals surface area contributed by atoms with E-state index in [2.05, 4.69) is 15.9 Å². The van der Waals surface area contributed by atoms with Gasteiger partial charge in [0.05, 0.1) is 21.7 Å². The Balaban J connectivity index is 1.48. The molecule has 0 spiro atoms. The predicted octanol–water partition coefficient (Wildman–Crippen LogP) is 7.49. The smallest absolute Gasteiger partial charge is 0.270 e. The maximum atomic E-state index is 13.0. The van der Waals surface area contributed by atoms with Gasteiger partial charge in [0.15, 0.2) is 4.32 Å². The van der Waals surface area contributed by atoms with Crippen molar-refractivity contribution in [2.75, 3.05) is 11.5 Å². The summed E-state index contributed by atoms with van der Waals surface area (Å²) in [5.41, 5.74) is 2.49. The Hall–Kier alpha value is -2.32. The third kappa shape index (κ3) is 5.61. The summed E-state index contributed by atoms with van der Waals surface area (Å²) < 4.78 is 12.7. The minimum Gasteiger partial charge on any atom is -0.494 e. The van der Waals surface area contributed by atoms with Gasteiger partial charge in [0.25, 0.3) is 5.91 Å². The van der Waals surface area contributed by atoms with Crippen molar-refractivity contribution in [3.8, 4) is 11.5 Å². The van der Waals surface area contributed by atoms with E-state index in [-0.39, 0.29) is 5.91 Å². The van der Waals surface area contributed by atoms with Crippen LogP contribution < -0.4 is 14.4 Å². The van der Waals surface area contributed by atoms with E-state index in [1.54, 1.807) is 0 Å². The number of nitrogens with zero attached hydrogens (tertiary/aromatic N) is 1. The number of amides is 1. The van der Waals surface area contributed by atoms with E-state index in [9.17, 15) is 4.79 Å². The Bertz CT molecular complexity index is 1230. The Morgan fingerprint density at radius 2 is 1.85 bits per heavy atom. The molecule has 0 aliphatic carbocycles. The monoisotopic (exact) mass is 559 g/mol. The summed E-state index contributed by atoms with van der Waals surface area (Å²) in [4.78, 5) is 15.1. The van der Waals surface area contributed by atoms with Crippen LogP contribution in [-0.4, -0.2) is 16.8 Å². The second kappa shape index (κ2) is 10.7. The summed E-state index contributed by atoms with van der Waals surface area (Å²) in [5, 5.41) is 0.666. The van der Waals surface area contributed by atoms with Crippen molar-refractivity contribution in [2.45, 2.75) is 13.5 Å². The molecule has 0 unspecified atom stereocenters. The van der Waals surface area contributed by atoms with Crippen LogP contribution in [0.3, 0.4) is 0 Å². The van der Waals surface area contributed by atoms with Crippen LogP contribution in [0.5, 0.6) is 11.5 Å². The molecule has 0 saturated carbocycles. The second-order valence-electron chi connectivity index (χ2n) is 7.01. The zero-order valence-electron chi connectivity index (χ0n) is 17.6. The zero-order valence-corrected chi connectivity index (χ0v) is 21.6. The molecule has 1 fully saturated rings. The average molecular weight is 561 g/mol. The van der Waals surface area contributed by atoms with E-state index in [0.29, 0.717) is 38.9 Å². The van der Waals surface area contributed by atoms with Gasteiger partial charge < -0.3 is 9.47 Å². The fourth-order valence-corrected chi connectivity index (χ4v) is 5.19. The van der Waals surface area contributed by atoms with Crippen LogP contribution >= 0.6 is 51.5 Å². The van der Waals surface area contributed by atoms with Gasteiger partial charge in [-0.25, -0.2) is 0 Å². The van der Waals surface area contributed by atoms with Crippen molar-refractivity contribution in [3.05, 3.63) is 92.3 Å². The number of hydrogen-bond acceptors (Lipinski definition) is 5. The van der Waals surface area contributed by atoms with Crippen LogP contribution in [0.2, 0.25) is 5.02 Å². The first kappa shape index (κ1) is 23.8. The number of ether oxygens (including phenoxy) is 2. The van der Waals surface area contributed by atoms with Crippen LogP contribution in [0.4, 0.5) is 5.69 Å². The molecule has 0 N–H and O–H groups in total. The highest BCUT2D eigenvalue weighted by Gasteiger charge is 2.33. The third-order valence-corrected chi connectivity index (χ3v) is 7.08. The van der Waals surface area contributed by atoms with E-state index in [1.165, 1.54) is 16.7 Å². The van der Waals surface area contributed by atoms with Crippen molar-refractivity contribution < 1.29 is 14.3 Å². The first-order valence-corrected chi connectivity index (χ1v) is 12.5. The van der Waals surface area contributed by atoms with Crippen molar-refractivity contribution >= 4 is 73.5 Å². The molecule has 3 aromatic rings. The fourth-order valence-electron chi connectivity index (χ4n) is 3.19. The maximum absolute atomic E-state index is 13.0. The minimum absolute atomic E-state index is 0.149. The summed E-state index contributed by atoms with van der Waals surface area (Å²) in [7, 11) is 0. The molecule has 0 aromatic heterocycles. The summed E-state index contributed by atoms with van der Waals surface area (Å²) in [5.74, 6) is 1.29. The summed E-state index contributed by atoms with van der Waals surface area (Å²) >= 11 is 16.5. The highest BCUT2D eigenvalue weighted by molar-refractivity contribution is 9.10. The first-order valence-electron chi connectivity index (χ1n) is 10.1. The predicted molar refractivity (Wildman–Crippen MR) is 143 cm³/mol. The van der Waals surface area contributed by atoms with Crippen LogP contribution in [-0.2, 0) is 11.4 Å². The van der Waals surface area contributed by atoms with Crippen molar-refractivity contribution in [1.82, 2.24) is 0 Å². The first-order chi connectivity index (χ1) is 16.0. The highest BCUT2D eigenvalue weighted by Crippen LogP contribution is 2.37. The lowest BCUT2D eigenvalue weighted by molar-refractivity contribution is -0.113. The molecule has 1 saturated heterocycles. The Labute approximate surface area is 215 Å². The molecule has 168 valence electrons. The number of rotatable bonds is 7. The van der Waals surface area contributed by atoms with E-state index in [4.69, 9.17) is 33.3 Å². The molecule has 4 rings (SSSR count). The lowest BCUT2D eigenvalue weighted by Gasteiger charge is -2.15. The molecule has 8 heteroatoms. The molecule has 33 heavy (non-hydrogen) atoms. The number of anilines is 1. The molecule has 0 atom stereocenters. The van der Waals surface area contributed by atoms with Gasteiger partial charge in [-0.05, 0) is 77.0 Å². The number of hydrogen-bond donors (Lipinski definition) is 0. The van der Waals surface area contributed by atoms with Crippen LogP contribution in [0, 0.1) is 0 Å². The van der Waals surface area contributed by atoms with Crippen LogP contribution in [0.1, 0.15) is 18.1 Å². The molecule has 1 aliphatic rings. The van der Waals surface area contributed by atoms with Crippen LogP contribution in [0.25, 0.3) is 6.08 Å². The van der Waals surface area contributed by atoms with Gasteiger partial charge in [0.1, 0.15) is 18.1 Å². The third-order valence-electron chi connectivity index (χ3n) is 4.79. The van der Waals surface area contributed by atoms with E-state index >= 15 is 0 Å². The molecule has 0 bridgehead atoms. The van der Waals surface area contributed by atoms with Crippen molar-refractivity contribution in [1.29, 1.82) is 0 Å². The SMILES string of the molecule is CCOc1ccc(N2C(=O)/C(=C\c3ccc(OCc4ccccc4Cl)c(Br)c3)SC2=S)cc1. The summed E-state index contributed by atoms with van der Waals surface area (Å²) in [6.45, 7) is 2.87. The van der Waals surface area contributed by atoms with Gasteiger partial charge in [-0.1, -0.05) is 59.8 Å². The lowest BCUT2D eigenvalue weighted by atomic mass is 10.2. The molecule has 1 aliphatic heterocycles. The molecule has 1 amide bonds. The Kier molecular flexibility index (Phi) is 7.75. The Morgan fingerprint density at radius 3 is 2.55 bits per heavy atom. The number of thioether (sulfide) groups is 1. The molecular weight excluding hydrogens is 542 g/mol. The number of carbonyl (C=O) groups is 1. The summed E-state index contributed by atoms with van der Waals surface area (Å²) in [6, 6.07) is 20.6. The quantitative estimate of drug-likeness (QED) is 0.221. The number of thiocarbonyl (C=S) groups is 1. The maximum Gasteiger partial charge on any atom is 0.270 e. The fraction of sp³-hybridized carbons (Fsp3) is 0.120. The normalized spacial score (nSPS) is 14.8. The summed E-state index contributed by atoms with van der Waals surface area (Å²) in [6.07, 6.45) is 1.83. The standard InChI is InChI=1S/C25H19BrClNO3S2/c1-2-30-19-10-8-18(9-11-19)28-24(29)23(33-25(28)32)14-16-7-12-22(20(26)13-16)31-15-17-5-3-4-6-21(17)27/h3-14H,2,15H2,1H3/b23-14+. The molecule has 3 aromatic carbocycles. The van der Waals surface area contributed by atoms with Gasteiger partial charge in [0, 0.05) is 10.6 Å². The van der Waals surface area contributed by atoms with E-state index in [0.717, 1.165) is 21.3 Å². The number of benzene rings is 3. The molecule has 0 radical (unpaired) electrons. The van der Waals surface area contributed by atoms with E-state index < -0.39 is 0 Å². The van der Waals surface area contributed by atoms with Gasteiger partial charge in [-0.2, -0.15) is 0 Å². The van der Waals surface area contributed by atoms with Crippen LogP contribution in [0.15, 0.2) is 76.1 Å². The topological polar surface area (TPSA) is 38.8 Å². The Morgan fingerprint density at radius 1 is 1.09 bits per heavy atom. The molecular formula is C25H19BrClNO3S2. The van der Waals surface area contributed by atoms with Crippen molar-refractivity contribution in [3.63, 3.8) is 0 Å². The zero-order chi connectivity index (χ0) is 23.4. The second-order valence-corrected chi connectivity index (χ2v) is 9.95. The molecule has 1 heterocycles.